The molecule has 3 nitrogen and oxygen atoms in total. The fourth-order valence-corrected chi connectivity index (χ4v) is 3.08. The molecule has 1 saturated heterocycles. The summed E-state index contributed by atoms with van der Waals surface area (Å²) in [7, 11) is 2.14. The van der Waals surface area contributed by atoms with Gasteiger partial charge in [-0.25, -0.2) is 0 Å². The lowest BCUT2D eigenvalue weighted by molar-refractivity contribution is 0.0708. The average Bonchev–Trinajstić information content (AvgIpc) is 2.60. The first-order chi connectivity index (χ1) is 11.6. The quantitative estimate of drug-likeness (QED) is 0.754. The number of amides is 1. The molecular weight excluding hydrogens is 320 g/mol. The molecule has 1 amide bonds. The van der Waals surface area contributed by atoms with Crippen LogP contribution in [0.1, 0.15) is 43.0 Å². The zero-order valence-corrected chi connectivity index (χ0v) is 15.5. The summed E-state index contributed by atoms with van der Waals surface area (Å²) in [5, 5.41) is 0.658. The van der Waals surface area contributed by atoms with Crippen LogP contribution in [0.4, 0.5) is 0 Å². The van der Waals surface area contributed by atoms with Gasteiger partial charge in [-0.1, -0.05) is 24.4 Å². The highest BCUT2D eigenvalue weighted by Crippen LogP contribution is 2.19. The summed E-state index contributed by atoms with van der Waals surface area (Å²) in [5.41, 5.74) is 0.711. The largest absolute Gasteiger partial charge is 0.339 e. The molecule has 0 aliphatic carbocycles. The van der Waals surface area contributed by atoms with E-state index in [1.54, 1.807) is 24.3 Å². The van der Waals surface area contributed by atoms with Crippen molar-refractivity contribution < 1.29 is 4.79 Å². The number of nitrogens with zero attached hydrogens (tertiary/aromatic N) is 2. The Bertz CT molecular complexity index is 580. The first-order valence-electron chi connectivity index (χ1n) is 8.82. The average molecular weight is 347 g/mol. The van der Waals surface area contributed by atoms with Crippen LogP contribution in [0.5, 0.6) is 0 Å². The maximum atomic E-state index is 12.5. The van der Waals surface area contributed by atoms with Crippen molar-refractivity contribution in [1.29, 1.82) is 0 Å². The number of hydrogen-bond acceptors (Lipinski definition) is 2. The number of carbonyl (C=O) groups excluding carboxylic acids is 1. The van der Waals surface area contributed by atoms with E-state index in [9.17, 15) is 4.79 Å². The molecule has 130 valence electrons. The van der Waals surface area contributed by atoms with Crippen LogP contribution in [0.3, 0.4) is 0 Å². The first kappa shape index (κ1) is 18.8. The van der Waals surface area contributed by atoms with Gasteiger partial charge in [0.05, 0.1) is 0 Å². The van der Waals surface area contributed by atoms with Crippen LogP contribution in [0.15, 0.2) is 24.3 Å². The van der Waals surface area contributed by atoms with Crippen LogP contribution in [-0.4, -0.2) is 48.9 Å². The number of halogens is 1. The molecule has 4 heteroatoms. The second-order valence-corrected chi connectivity index (χ2v) is 6.88. The Balaban J connectivity index is 1.75. The Hall–Kier alpha value is -1.50. The van der Waals surface area contributed by atoms with Crippen molar-refractivity contribution in [1.82, 2.24) is 9.80 Å². The number of benzene rings is 1. The van der Waals surface area contributed by atoms with Crippen LogP contribution in [-0.2, 0) is 0 Å². The maximum absolute atomic E-state index is 12.5. The molecule has 1 aliphatic rings. The molecule has 24 heavy (non-hydrogen) atoms. The topological polar surface area (TPSA) is 23.6 Å². The van der Waals surface area contributed by atoms with Crippen molar-refractivity contribution in [2.75, 3.05) is 33.2 Å². The van der Waals surface area contributed by atoms with E-state index in [1.165, 1.54) is 6.42 Å². The number of hydrogen-bond donors (Lipinski definition) is 0. The van der Waals surface area contributed by atoms with Gasteiger partial charge >= 0.3 is 0 Å². The molecule has 0 aromatic heterocycles. The van der Waals surface area contributed by atoms with E-state index in [4.69, 9.17) is 11.6 Å². The van der Waals surface area contributed by atoms with Gasteiger partial charge in [0.15, 0.2) is 0 Å². The van der Waals surface area contributed by atoms with E-state index in [2.05, 4.69) is 30.7 Å². The molecular formula is C20H27ClN2O. The lowest BCUT2D eigenvalue weighted by Crippen LogP contribution is -2.38. The number of rotatable bonds is 5. The minimum absolute atomic E-state index is 0.0965. The summed E-state index contributed by atoms with van der Waals surface area (Å²) < 4.78 is 0. The Morgan fingerprint density at radius 1 is 1.25 bits per heavy atom. The third kappa shape index (κ3) is 5.85. The summed E-state index contributed by atoms with van der Waals surface area (Å²) in [6.07, 6.45) is 4.05. The third-order valence-corrected chi connectivity index (χ3v) is 4.66. The normalized spacial score (nSPS) is 15.2. The van der Waals surface area contributed by atoms with Gasteiger partial charge in [-0.15, -0.1) is 5.92 Å². The van der Waals surface area contributed by atoms with E-state index >= 15 is 0 Å². The molecule has 1 aliphatic heterocycles. The molecule has 1 fully saturated rings. The SMILES string of the molecule is CCCN(C)CCC#CC1CCN(C(=O)c2ccc(Cl)cc2)CC1. The van der Waals surface area contributed by atoms with E-state index in [-0.39, 0.29) is 5.91 Å². The number of carbonyl (C=O) groups is 1. The summed E-state index contributed by atoms with van der Waals surface area (Å²) in [4.78, 5) is 16.7. The summed E-state index contributed by atoms with van der Waals surface area (Å²) >= 11 is 5.88. The Morgan fingerprint density at radius 3 is 2.54 bits per heavy atom. The van der Waals surface area contributed by atoms with Gasteiger partial charge < -0.3 is 9.80 Å². The minimum atomic E-state index is 0.0965. The number of piperidine rings is 1. The summed E-state index contributed by atoms with van der Waals surface area (Å²) in [6, 6.07) is 7.12. The molecule has 0 atom stereocenters. The van der Waals surface area contributed by atoms with Crippen molar-refractivity contribution in [3.8, 4) is 11.8 Å². The van der Waals surface area contributed by atoms with E-state index in [1.807, 2.05) is 4.90 Å². The molecule has 0 saturated carbocycles. The molecule has 0 bridgehead atoms. The molecule has 0 N–H and O–H groups in total. The first-order valence-corrected chi connectivity index (χ1v) is 9.19. The Kier molecular flexibility index (Phi) is 7.62. The fraction of sp³-hybridized carbons (Fsp3) is 0.550. The smallest absolute Gasteiger partial charge is 0.253 e. The zero-order valence-electron chi connectivity index (χ0n) is 14.7. The van der Waals surface area contributed by atoms with Crippen LogP contribution in [0.2, 0.25) is 5.02 Å². The van der Waals surface area contributed by atoms with E-state index in [0.29, 0.717) is 16.5 Å². The second-order valence-electron chi connectivity index (χ2n) is 6.45. The fourth-order valence-electron chi connectivity index (χ4n) is 2.96. The molecule has 0 radical (unpaired) electrons. The van der Waals surface area contributed by atoms with Crippen molar-refractivity contribution >= 4 is 17.5 Å². The molecule has 0 unspecified atom stereocenters. The van der Waals surface area contributed by atoms with Crippen LogP contribution in [0, 0.1) is 17.8 Å². The summed E-state index contributed by atoms with van der Waals surface area (Å²) in [5.74, 6) is 7.23. The number of likely N-dealkylation sites (tertiary alicyclic amines) is 1. The Morgan fingerprint density at radius 2 is 1.92 bits per heavy atom. The molecule has 2 rings (SSSR count). The predicted octanol–water partition coefficient (Wildman–Crippen LogP) is 3.93. The van der Waals surface area contributed by atoms with Crippen LogP contribution in [0.25, 0.3) is 0 Å². The van der Waals surface area contributed by atoms with Gasteiger partial charge in [-0.2, -0.15) is 0 Å². The second kappa shape index (κ2) is 9.71. The standard InChI is InChI=1S/C20H27ClN2O/c1-3-13-22(2)14-5-4-6-17-11-15-23(16-12-17)20(24)18-7-9-19(21)10-8-18/h7-10,17H,3,5,11-16H2,1-2H3. The van der Waals surface area contributed by atoms with Gasteiger partial charge in [0.2, 0.25) is 0 Å². The lowest BCUT2D eigenvalue weighted by Gasteiger charge is -2.30. The van der Waals surface area contributed by atoms with Crippen LogP contribution >= 0.6 is 11.6 Å². The van der Waals surface area contributed by atoms with Crippen molar-refractivity contribution in [2.45, 2.75) is 32.6 Å². The van der Waals surface area contributed by atoms with Crippen molar-refractivity contribution in [3.05, 3.63) is 34.9 Å². The highest BCUT2D eigenvalue weighted by Gasteiger charge is 2.22. The third-order valence-electron chi connectivity index (χ3n) is 4.40. The van der Waals surface area contributed by atoms with Gasteiger partial charge in [0, 0.05) is 42.6 Å². The van der Waals surface area contributed by atoms with E-state index in [0.717, 1.165) is 45.4 Å². The van der Waals surface area contributed by atoms with Crippen molar-refractivity contribution in [3.63, 3.8) is 0 Å². The maximum Gasteiger partial charge on any atom is 0.253 e. The zero-order chi connectivity index (χ0) is 17.4. The predicted molar refractivity (Wildman–Crippen MR) is 100 cm³/mol. The minimum Gasteiger partial charge on any atom is -0.339 e. The highest BCUT2D eigenvalue weighted by molar-refractivity contribution is 6.30. The highest BCUT2D eigenvalue weighted by atomic mass is 35.5. The lowest BCUT2D eigenvalue weighted by atomic mass is 9.96. The van der Waals surface area contributed by atoms with Gasteiger partial charge in [0.1, 0.15) is 0 Å². The Labute approximate surface area is 151 Å². The summed E-state index contributed by atoms with van der Waals surface area (Å²) in [6.45, 7) is 5.94. The van der Waals surface area contributed by atoms with Crippen molar-refractivity contribution in [2.24, 2.45) is 5.92 Å². The molecule has 1 heterocycles. The van der Waals surface area contributed by atoms with Crippen LogP contribution < -0.4 is 0 Å². The monoisotopic (exact) mass is 346 g/mol. The molecule has 0 spiro atoms. The molecule has 1 aromatic rings. The van der Waals surface area contributed by atoms with E-state index < -0.39 is 0 Å². The van der Waals surface area contributed by atoms with Gasteiger partial charge in [0.25, 0.3) is 5.91 Å². The van der Waals surface area contributed by atoms with Gasteiger partial charge in [-0.05, 0) is 57.1 Å². The van der Waals surface area contributed by atoms with Gasteiger partial charge in [-0.3, -0.25) is 4.79 Å². The molecule has 1 aromatic carbocycles.